The van der Waals surface area contributed by atoms with Crippen molar-refractivity contribution in [3.63, 3.8) is 0 Å². The Morgan fingerprint density at radius 2 is 2.12 bits per heavy atom. The molecule has 2 amide bonds. The van der Waals surface area contributed by atoms with Gasteiger partial charge in [0.15, 0.2) is 0 Å². The molecule has 0 saturated carbocycles. The highest BCUT2D eigenvalue weighted by Gasteiger charge is 2.34. The van der Waals surface area contributed by atoms with Crippen LogP contribution in [0.5, 0.6) is 0 Å². The number of carbonyl (C=O) groups is 2. The number of aryl methyl sites for hydroxylation is 1. The third-order valence-electron chi connectivity index (χ3n) is 4.58. The zero-order chi connectivity index (χ0) is 18.5. The smallest absolute Gasteiger partial charge is 0.227 e. The molecule has 0 bridgehead atoms. The molecule has 1 fully saturated rings. The minimum absolute atomic E-state index is 0.0196. The average Bonchev–Trinajstić information content (AvgIpc) is 3.26. The summed E-state index contributed by atoms with van der Waals surface area (Å²) >= 11 is 1.37. The van der Waals surface area contributed by atoms with Crippen molar-refractivity contribution in [1.29, 1.82) is 0 Å². The maximum Gasteiger partial charge on any atom is 0.227 e. The molecule has 3 rings (SSSR count). The average molecular weight is 372 g/mol. The minimum Gasteiger partial charge on any atom is -0.311 e. The number of aromatic nitrogens is 2. The van der Waals surface area contributed by atoms with Gasteiger partial charge in [-0.1, -0.05) is 49.8 Å². The van der Waals surface area contributed by atoms with Crippen molar-refractivity contribution in [2.75, 3.05) is 16.8 Å². The van der Waals surface area contributed by atoms with E-state index in [1.54, 1.807) is 0 Å². The van der Waals surface area contributed by atoms with Crippen LogP contribution in [0.3, 0.4) is 0 Å². The fourth-order valence-electron chi connectivity index (χ4n) is 3.15. The molecule has 1 saturated heterocycles. The summed E-state index contributed by atoms with van der Waals surface area (Å²) in [5, 5.41) is 12.4. The van der Waals surface area contributed by atoms with Gasteiger partial charge >= 0.3 is 0 Å². The first-order valence-electron chi connectivity index (χ1n) is 9.13. The first-order chi connectivity index (χ1) is 12.6. The molecule has 1 aromatic heterocycles. The number of hydrogen-bond acceptors (Lipinski definition) is 5. The Hall–Kier alpha value is -2.28. The van der Waals surface area contributed by atoms with Crippen molar-refractivity contribution in [3.8, 4) is 0 Å². The van der Waals surface area contributed by atoms with E-state index in [0.717, 1.165) is 30.0 Å². The minimum atomic E-state index is -0.0319. The van der Waals surface area contributed by atoms with Gasteiger partial charge in [-0.3, -0.25) is 9.59 Å². The molecule has 0 aliphatic carbocycles. The lowest BCUT2D eigenvalue weighted by Gasteiger charge is -2.19. The lowest BCUT2D eigenvalue weighted by Crippen LogP contribution is -2.25. The predicted octanol–water partition coefficient (Wildman–Crippen LogP) is 3.75. The summed E-state index contributed by atoms with van der Waals surface area (Å²) in [6.07, 6.45) is 3.65. The maximum absolute atomic E-state index is 12.5. The molecule has 1 unspecified atom stereocenters. The third kappa shape index (κ3) is 4.09. The number of unbranched alkanes of at least 4 members (excludes halogenated alkanes) is 1. The van der Waals surface area contributed by atoms with Crippen LogP contribution in [0.25, 0.3) is 0 Å². The van der Waals surface area contributed by atoms with Crippen LogP contribution in [0.1, 0.15) is 56.0 Å². The topological polar surface area (TPSA) is 75.2 Å². The fraction of sp³-hybridized carbons (Fsp3) is 0.474. The number of benzene rings is 1. The van der Waals surface area contributed by atoms with Crippen molar-refractivity contribution in [1.82, 2.24) is 10.2 Å². The normalized spacial score (nSPS) is 16.9. The van der Waals surface area contributed by atoms with Crippen molar-refractivity contribution in [2.45, 2.75) is 51.9 Å². The monoisotopic (exact) mass is 372 g/mol. The molecular formula is C19H24N4O2S. The van der Waals surface area contributed by atoms with Gasteiger partial charge in [0.05, 0.1) is 0 Å². The summed E-state index contributed by atoms with van der Waals surface area (Å²) < 4.78 is 0. The van der Waals surface area contributed by atoms with Crippen molar-refractivity contribution >= 4 is 34.0 Å². The molecule has 6 nitrogen and oxygen atoms in total. The van der Waals surface area contributed by atoms with Crippen LogP contribution < -0.4 is 10.2 Å². The molecule has 1 aromatic carbocycles. The summed E-state index contributed by atoms with van der Waals surface area (Å²) in [7, 11) is 0. The Kier molecular flexibility index (Phi) is 5.98. The van der Waals surface area contributed by atoms with Gasteiger partial charge in [-0.05, 0) is 24.5 Å². The van der Waals surface area contributed by atoms with E-state index in [0.29, 0.717) is 24.5 Å². The fourth-order valence-corrected chi connectivity index (χ4v) is 4.00. The third-order valence-corrected chi connectivity index (χ3v) is 5.58. The van der Waals surface area contributed by atoms with Crippen LogP contribution in [-0.2, 0) is 16.0 Å². The van der Waals surface area contributed by atoms with E-state index in [-0.39, 0.29) is 17.7 Å². The molecule has 0 radical (unpaired) electrons. The molecule has 26 heavy (non-hydrogen) atoms. The maximum atomic E-state index is 12.5. The van der Waals surface area contributed by atoms with Crippen LogP contribution in [0, 0.1) is 0 Å². The second-order valence-electron chi connectivity index (χ2n) is 6.48. The van der Waals surface area contributed by atoms with Crippen LogP contribution >= 0.6 is 11.3 Å². The molecule has 1 N–H and O–H groups in total. The summed E-state index contributed by atoms with van der Waals surface area (Å²) in [5.41, 5.74) is 2.16. The molecule has 7 heteroatoms. The number of carbonyl (C=O) groups excluding carboxylic acids is 2. The highest BCUT2D eigenvalue weighted by molar-refractivity contribution is 7.15. The molecule has 1 aliphatic heterocycles. The van der Waals surface area contributed by atoms with E-state index in [4.69, 9.17) is 0 Å². The molecule has 2 heterocycles. The second kappa shape index (κ2) is 8.40. The van der Waals surface area contributed by atoms with Crippen LogP contribution in [0.2, 0.25) is 0 Å². The van der Waals surface area contributed by atoms with Gasteiger partial charge in [0.2, 0.25) is 16.9 Å². The van der Waals surface area contributed by atoms with Gasteiger partial charge in [0.25, 0.3) is 0 Å². The Morgan fingerprint density at radius 3 is 2.88 bits per heavy atom. The first-order valence-corrected chi connectivity index (χ1v) is 9.95. The zero-order valence-corrected chi connectivity index (χ0v) is 16.0. The lowest BCUT2D eigenvalue weighted by molar-refractivity contribution is -0.117. The van der Waals surface area contributed by atoms with E-state index in [2.05, 4.69) is 35.4 Å². The van der Waals surface area contributed by atoms with Crippen LogP contribution in [0.15, 0.2) is 24.3 Å². The highest BCUT2D eigenvalue weighted by atomic mass is 32.1. The molecule has 1 atom stereocenters. The van der Waals surface area contributed by atoms with E-state index in [1.807, 2.05) is 23.1 Å². The summed E-state index contributed by atoms with van der Waals surface area (Å²) in [6, 6.07) is 8.02. The van der Waals surface area contributed by atoms with Gasteiger partial charge in [-0.2, -0.15) is 0 Å². The molecule has 0 spiro atoms. The number of anilines is 2. The molecule has 1 aliphatic rings. The zero-order valence-electron chi connectivity index (χ0n) is 15.2. The quantitative estimate of drug-likeness (QED) is 0.803. The van der Waals surface area contributed by atoms with E-state index >= 15 is 0 Å². The van der Waals surface area contributed by atoms with Gasteiger partial charge in [-0.15, -0.1) is 10.2 Å². The lowest BCUT2D eigenvalue weighted by atomic mass is 10.1. The number of nitrogens with zero attached hydrogens (tertiary/aromatic N) is 3. The van der Waals surface area contributed by atoms with Crippen LogP contribution in [-0.4, -0.2) is 28.6 Å². The van der Waals surface area contributed by atoms with Crippen molar-refractivity contribution < 1.29 is 9.59 Å². The van der Waals surface area contributed by atoms with Gasteiger partial charge in [0, 0.05) is 31.0 Å². The summed E-state index contributed by atoms with van der Waals surface area (Å²) in [4.78, 5) is 26.2. The first kappa shape index (κ1) is 18.5. The summed E-state index contributed by atoms with van der Waals surface area (Å²) in [5.74, 6) is 0.0985. The number of para-hydroxylation sites is 1. The number of rotatable bonds is 7. The Morgan fingerprint density at radius 1 is 1.31 bits per heavy atom. The largest absolute Gasteiger partial charge is 0.311 e. The Balaban J connectivity index is 1.68. The van der Waals surface area contributed by atoms with E-state index < -0.39 is 0 Å². The SMILES string of the molecule is CCCCC(=O)Nc1nnc(C2CC(=O)N(c3ccccc3CC)C2)s1. The van der Waals surface area contributed by atoms with Crippen molar-refractivity contribution in [3.05, 3.63) is 34.8 Å². The Labute approximate surface area is 157 Å². The number of nitrogens with one attached hydrogen (secondary N) is 1. The van der Waals surface area contributed by atoms with E-state index in [1.165, 1.54) is 16.9 Å². The highest BCUT2D eigenvalue weighted by Crippen LogP contribution is 2.35. The number of hydrogen-bond donors (Lipinski definition) is 1. The Bertz CT molecular complexity index is 789. The molecule has 138 valence electrons. The van der Waals surface area contributed by atoms with Gasteiger partial charge < -0.3 is 10.2 Å². The van der Waals surface area contributed by atoms with Gasteiger partial charge in [0.1, 0.15) is 5.01 Å². The van der Waals surface area contributed by atoms with E-state index in [9.17, 15) is 9.59 Å². The predicted molar refractivity (Wildman–Crippen MR) is 104 cm³/mol. The number of amides is 2. The van der Waals surface area contributed by atoms with Crippen molar-refractivity contribution in [2.24, 2.45) is 0 Å². The molecule has 2 aromatic rings. The van der Waals surface area contributed by atoms with Crippen LogP contribution in [0.4, 0.5) is 10.8 Å². The standard InChI is InChI=1S/C19H24N4O2S/c1-3-5-10-16(24)20-19-22-21-18(26-19)14-11-17(25)23(12-14)15-9-7-6-8-13(15)4-2/h6-9,14H,3-5,10-12H2,1-2H3,(H,20,22,24). The van der Waals surface area contributed by atoms with Gasteiger partial charge in [-0.25, -0.2) is 0 Å². The molecular weight excluding hydrogens is 348 g/mol. The second-order valence-corrected chi connectivity index (χ2v) is 7.49. The summed E-state index contributed by atoms with van der Waals surface area (Å²) in [6.45, 7) is 4.75.